The van der Waals surface area contributed by atoms with E-state index in [1.807, 2.05) is 26.0 Å². The van der Waals surface area contributed by atoms with E-state index in [-0.39, 0.29) is 36.0 Å². The summed E-state index contributed by atoms with van der Waals surface area (Å²) in [5.74, 6) is -0.850. The zero-order chi connectivity index (χ0) is 25.4. The van der Waals surface area contributed by atoms with Crippen molar-refractivity contribution < 1.29 is 33.0 Å². The third-order valence-electron chi connectivity index (χ3n) is 9.52. The average Bonchev–Trinajstić information content (AvgIpc) is 3.37. The quantitative estimate of drug-likeness (QED) is 0.340. The molecule has 5 rings (SSSR count). The number of cyclic esters (lactones) is 1. The maximum atomic E-state index is 12.8. The molecule has 3 heterocycles. The summed E-state index contributed by atoms with van der Waals surface area (Å²) < 4.78 is 22.3. The van der Waals surface area contributed by atoms with Crippen LogP contribution in [0.25, 0.3) is 0 Å². The largest absolute Gasteiger partial charge is 0.472 e. The van der Waals surface area contributed by atoms with Crippen LogP contribution in [-0.4, -0.2) is 36.5 Å². The van der Waals surface area contributed by atoms with Gasteiger partial charge in [-0.25, -0.2) is 4.79 Å². The van der Waals surface area contributed by atoms with Crippen molar-refractivity contribution in [2.45, 2.75) is 71.2 Å². The van der Waals surface area contributed by atoms with Crippen LogP contribution in [0.5, 0.6) is 0 Å². The van der Waals surface area contributed by atoms with Gasteiger partial charge >= 0.3 is 11.9 Å². The SMILES string of the molecule is C=C1C(CC2(C)C=CC(=O)C(C)(C)C2CC(=O)OC)CCC2(C)C(c3ccoc3)OC(=O)C3OC132. The van der Waals surface area contributed by atoms with E-state index in [1.54, 1.807) is 18.6 Å². The van der Waals surface area contributed by atoms with Crippen molar-refractivity contribution in [1.29, 1.82) is 0 Å². The second-order valence-electron chi connectivity index (χ2n) is 11.7. The Labute approximate surface area is 205 Å². The van der Waals surface area contributed by atoms with Gasteiger partial charge in [0.1, 0.15) is 11.7 Å². The molecule has 4 aliphatic rings. The molecule has 7 atom stereocenters. The number of ether oxygens (including phenoxy) is 3. The molecule has 1 aromatic rings. The Morgan fingerprint density at radius 1 is 1.20 bits per heavy atom. The summed E-state index contributed by atoms with van der Waals surface area (Å²) in [5, 5.41) is 0. The van der Waals surface area contributed by atoms with Crippen LogP contribution in [0.3, 0.4) is 0 Å². The molecule has 3 fully saturated rings. The molecule has 0 N–H and O–H groups in total. The Balaban J connectivity index is 1.47. The molecule has 1 aromatic heterocycles. The molecule has 35 heavy (non-hydrogen) atoms. The molecule has 7 unspecified atom stereocenters. The maximum absolute atomic E-state index is 12.8. The summed E-state index contributed by atoms with van der Waals surface area (Å²) in [6, 6.07) is 1.83. The smallest absolute Gasteiger partial charge is 0.339 e. The lowest BCUT2D eigenvalue weighted by atomic mass is 9.51. The van der Waals surface area contributed by atoms with E-state index in [4.69, 9.17) is 18.6 Å². The number of esters is 2. The number of methoxy groups -OCH3 is 1. The number of rotatable bonds is 5. The lowest BCUT2D eigenvalue weighted by Crippen LogP contribution is -2.55. The number of ketones is 1. The molecule has 0 aromatic carbocycles. The Kier molecular flexibility index (Phi) is 5.26. The van der Waals surface area contributed by atoms with Crippen LogP contribution < -0.4 is 0 Å². The summed E-state index contributed by atoms with van der Waals surface area (Å²) >= 11 is 0. The molecule has 2 aliphatic carbocycles. The molecule has 0 radical (unpaired) electrons. The fourth-order valence-electron chi connectivity index (χ4n) is 7.34. The Morgan fingerprint density at radius 2 is 1.94 bits per heavy atom. The minimum Gasteiger partial charge on any atom is -0.472 e. The number of furan rings is 1. The van der Waals surface area contributed by atoms with E-state index >= 15 is 0 Å². The molecule has 0 bridgehead atoms. The zero-order valence-electron chi connectivity index (χ0n) is 21.1. The molecule has 1 spiro atoms. The first-order chi connectivity index (χ1) is 16.4. The van der Waals surface area contributed by atoms with Crippen molar-refractivity contribution in [3.05, 3.63) is 48.5 Å². The van der Waals surface area contributed by atoms with Gasteiger partial charge in [0.15, 0.2) is 11.9 Å². The zero-order valence-corrected chi connectivity index (χ0v) is 21.1. The normalized spacial score (nSPS) is 41.6. The summed E-state index contributed by atoms with van der Waals surface area (Å²) in [4.78, 5) is 38.0. The highest BCUT2D eigenvalue weighted by Gasteiger charge is 2.79. The molecule has 2 aliphatic heterocycles. The molecule has 0 amide bonds. The summed E-state index contributed by atoms with van der Waals surface area (Å²) in [6.45, 7) is 12.5. The first-order valence-electron chi connectivity index (χ1n) is 12.3. The molecular weight excluding hydrogens is 448 g/mol. The van der Waals surface area contributed by atoms with Crippen LogP contribution in [-0.2, 0) is 28.6 Å². The number of allylic oxidation sites excluding steroid dienone is 2. The van der Waals surface area contributed by atoms with E-state index in [9.17, 15) is 14.4 Å². The van der Waals surface area contributed by atoms with E-state index < -0.39 is 34.1 Å². The van der Waals surface area contributed by atoms with Gasteiger partial charge < -0.3 is 18.6 Å². The van der Waals surface area contributed by atoms with E-state index in [1.165, 1.54) is 7.11 Å². The number of carbonyl (C=O) groups is 3. The van der Waals surface area contributed by atoms with Crippen molar-refractivity contribution in [3.8, 4) is 0 Å². The maximum Gasteiger partial charge on any atom is 0.339 e. The number of hydrogen-bond acceptors (Lipinski definition) is 7. The highest BCUT2D eigenvalue weighted by atomic mass is 16.7. The van der Waals surface area contributed by atoms with Crippen molar-refractivity contribution in [1.82, 2.24) is 0 Å². The molecule has 188 valence electrons. The number of epoxide rings is 1. The molecular formula is C28H34O7. The van der Waals surface area contributed by atoms with Gasteiger partial charge in [0.05, 0.1) is 26.1 Å². The first kappa shape index (κ1) is 24.0. The third kappa shape index (κ3) is 3.23. The van der Waals surface area contributed by atoms with Crippen molar-refractivity contribution in [2.24, 2.45) is 28.1 Å². The molecule has 7 heteroatoms. The minimum absolute atomic E-state index is 0.0149. The van der Waals surface area contributed by atoms with E-state index in [0.29, 0.717) is 6.42 Å². The van der Waals surface area contributed by atoms with E-state index in [2.05, 4.69) is 20.4 Å². The van der Waals surface area contributed by atoms with Gasteiger partial charge in [-0.15, -0.1) is 0 Å². The van der Waals surface area contributed by atoms with Crippen molar-refractivity contribution in [3.63, 3.8) is 0 Å². The fourth-order valence-corrected chi connectivity index (χ4v) is 7.34. The number of carbonyl (C=O) groups excluding carboxylic acids is 3. The van der Waals surface area contributed by atoms with Gasteiger partial charge in [0, 0.05) is 16.4 Å². The summed E-state index contributed by atoms with van der Waals surface area (Å²) in [6.07, 6.45) is 8.17. The van der Waals surface area contributed by atoms with Crippen LogP contribution in [0.15, 0.2) is 47.3 Å². The van der Waals surface area contributed by atoms with Crippen LogP contribution in [0.4, 0.5) is 0 Å². The van der Waals surface area contributed by atoms with E-state index in [0.717, 1.165) is 24.0 Å². The number of hydrogen-bond donors (Lipinski definition) is 0. The van der Waals surface area contributed by atoms with Gasteiger partial charge in [-0.1, -0.05) is 40.3 Å². The minimum atomic E-state index is -0.787. The van der Waals surface area contributed by atoms with Gasteiger partial charge in [-0.05, 0) is 54.2 Å². The summed E-state index contributed by atoms with van der Waals surface area (Å²) in [5.41, 5.74) is -0.672. The predicted octanol–water partition coefficient (Wildman–Crippen LogP) is 4.73. The monoisotopic (exact) mass is 482 g/mol. The van der Waals surface area contributed by atoms with Gasteiger partial charge in [-0.3, -0.25) is 9.59 Å². The molecule has 1 saturated carbocycles. The Bertz CT molecular complexity index is 1110. The lowest BCUT2D eigenvalue weighted by molar-refractivity contribution is -0.168. The van der Waals surface area contributed by atoms with Gasteiger partial charge in [-0.2, -0.15) is 0 Å². The summed E-state index contributed by atoms with van der Waals surface area (Å²) in [7, 11) is 1.37. The Hall–Kier alpha value is -2.67. The van der Waals surface area contributed by atoms with Gasteiger partial charge in [0.2, 0.25) is 0 Å². The van der Waals surface area contributed by atoms with Crippen LogP contribution >= 0.6 is 0 Å². The van der Waals surface area contributed by atoms with Gasteiger partial charge in [0.25, 0.3) is 0 Å². The third-order valence-corrected chi connectivity index (χ3v) is 9.52. The topological polar surface area (TPSA) is 95.3 Å². The first-order valence-corrected chi connectivity index (χ1v) is 12.3. The molecule has 7 nitrogen and oxygen atoms in total. The van der Waals surface area contributed by atoms with Crippen molar-refractivity contribution in [2.75, 3.05) is 7.11 Å². The standard InChI is InChI=1S/C28H34O7/c1-16-17(14-26(4)10-8-20(29)25(2,3)19(26)13-21(30)32-6)7-11-27(5)22(18-9-12-33-15-18)34-24(31)23-28(16,27)35-23/h8-10,12,15,17,19,22-23H,1,7,11,13-14H2,2-6H3. The second kappa shape index (κ2) is 7.66. The van der Waals surface area contributed by atoms with Crippen LogP contribution in [0.2, 0.25) is 0 Å². The average molecular weight is 483 g/mol. The highest BCUT2D eigenvalue weighted by molar-refractivity contribution is 5.96. The lowest BCUT2D eigenvalue weighted by Gasteiger charge is -2.53. The Morgan fingerprint density at radius 3 is 2.60 bits per heavy atom. The van der Waals surface area contributed by atoms with Crippen molar-refractivity contribution >= 4 is 17.7 Å². The predicted molar refractivity (Wildman–Crippen MR) is 126 cm³/mol. The van der Waals surface area contributed by atoms with Crippen LogP contribution in [0, 0.1) is 28.1 Å². The molecule has 2 saturated heterocycles. The fraction of sp³-hybridized carbons (Fsp3) is 0.607. The highest BCUT2D eigenvalue weighted by Crippen LogP contribution is 2.70. The van der Waals surface area contributed by atoms with Crippen LogP contribution in [0.1, 0.15) is 65.0 Å². The second-order valence-corrected chi connectivity index (χ2v) is 11.7.